The number of methoxy groups -OCH3 is 1. The second-order valence-corrected chi connectivity index (χ2v) is 10.4. The van der Waals surface area contributed by atoms with Crippen LogP contribution in [0.3, 0.4) is 0 Å². The Balaban J connectivity index is 3.43. The van der Waals surface area contributed by atoms with Crippen LogP contribution in [-0.2, 0) is 23.9 Å². The highest BCUT2D eigenvalue weighted by molar-refractivity contribution is 5.93. The first-order valence-corrected chi connectivity index (χ1v) is 13.4. The van der Waals surface area contributed by atoms with Crippen molar-refractivity contribution in [1.29, 1.82) is 0 Å². The quantitative estimate of drug-likeness (QED) is 0.191. The van der Waals surface area contributed by atoms with Gasteiger partial charge in [0.05, 0.1) is 13.7 Å². The lowest BCUT2D eigenvalue weighted by Gasteiger charge is -2.34. The van der Waals surface area contributed by atoms with Gasteiger partial charge >= 0.3 is 12.1 Å². The number of aryl methyl sites for hydroxylation is 1. The molecule has 0 fully saturated rings. The molecule has 1 rings (SSSR count). The van der Waals surface area contributed by atoms with Crippen molar-refractivity contribution in [2.45, 2.75) is 90.8 Å². The van der Waals surface area contributed by atoms with Gasteiger partial charge in [-0.1, -0.05) is 57.2 Å². The van der Waals surface area contributed by atoms with Crippen molar-refractivity contribution in [3.8, 4) is 5.75 Å². The Morgan fingerprint density at radius 2 is 1.69 bits per heavy atom. The third-order valence-electron chi connectivity index (χ3n) is 5.97. The minimum atomic E-state index is -1.41. The number of carbonyl (C=O) groups excluding carboxylic acids is 4. The number of hydrogen-bond acceptors (Lipinski definition) is 8. The smallest absolute Gasteiger partial charge is 0.408 e. The van der Waals surface area contributed by atoms with Crippen LogP contribution in [0.5, 0.6) is 5.75 Å². The molecular weight excluding hydrogens is 506 g/mol. The highest BCUT2D eigenvalue weighted by Crippen LogP contribution is 2.32. The maximum atomic E-state index is 13.8. The van der Waals surface area contributed by atoms with Crippen LogP contribution in [0.25, 0.3) is 0 Å². The van der Waals surface area contributed by atoms with Gasteiger partial charge in [0.1, 0.15) is 30.0 Å². The number of amides is 3. The number of phenolic OH excluding ortho intramolecular Hbond substituents is 1. The number of aliphatic hydroxyl groups excluding tert-OH is 1. The van der Waals surface area contributed by atoms with Crippen molar-refractivity contribution in [3.63, 3.8) is 0 Å². The third-order valence-corrected chi connectivity index (χ3v) is 5.97. The maximum absolute atomic E-state index is 13.8. The van der Waals surface area contributed by atoms with Crippen LogP contribution < -0.4 is 10.6 Å². The second kappa shape index (κ2) is 16.6. The molecule has 3 amide bonds. The summed E-state index contributed by atoms with van der Waals surface area (Å²) in [6.45, 7) is 7.65. The summed E-state index contributed by atoms with van der Waals surface area (Å²) in [5.41, 5.74) is -0.212. The van der Waals surface area contributed by atoms with Gasteiger partial charge in [-0.15, -0.1) is 0 Å². The first-order chi connectivity index (χ1) is 18.4. The molecule has 0 heterocycles. The normalized spacial score (nSPS) is 12.7. The van der Waals surface area contributed by atoms with E-state index in [-0.39, 0.29) is 17.9 Å². The van der Waals surface area contributed by atoms with Gasteiger partial charge in [-0.3, -0.25) is 14.4 Å². The number of ether oxygens (including phenoxy) is 2. The lowest BCUT2D eigenvalue weighted by atomic mass is 9.98. The van der Waals surface area contributed by atoms with Crippen LogP contribution in [-0.4, -0.2) is 77.4 Å². The summed E-state index contributed by atoms with van der Waals surface area (Å²) in [6.07, 6.45) is 4.55. The van der Waals surface area contributed by atoms with Crippen molar-refractivity contribution in [1.82, 2.24) is 15.5 Å². The Morgan fingerprint density at radius 1 is 1.05 bits per heavy atom. The number of para-hydroxylation sites is 1. The number of aliphatic hydroxyl groups is 1. The van der Waals surface area contributed by atoms with E-state index in [1.165, 1.54) is 18.1 Å². The zero-order chi connectivity index (χ0) is 29.6. The number of phenols is 1. The molecule has 4 N–H and O–H groups in total. The highest BCUT2D eigenvalue weighted by atomic mass is 16.6. The van der Waals surface area contributed by atoms with Crippen LogP contribution >= 0.6 is 0 Å². The molecule has 1 aromatic rings. The molecule has 0 spiro atoms. The van der Waals surface area contributed by atoms with Crippen molar-refractivity contribution in [2.75, 3.05) is 26.8 Å². The van der Waals surface area contributed by atoms with E-state index in [2.05, 4.69) is 22.3 Å². The standard InChI is InChI=1S/C28H45N3O8/c1-7-8-9-10-11-12-16-31(26(36)21(18-32)30-27(37)39-28(3,4)5)23(25(35)29-17-22(33)38-6)20-15-13-14-19(2)24(20)34/h13-15,21,23,32,34H,7-12,16-18H2,1-6H3,(H,29,35)(H,30,37). The van der Waals surface area contributed by atoms with E-state index in [9.17, 15) is 29.4 Å². The number of nitrogens with zero attached hydrogens (tertiary/aromatic N) is 1. The number of esters is 1. The van der Waals surface area contributed by atoms with Gasteiger partial charge in [0.25, 0.3) is 0 Å². The number of rotatable bonds is 15. The number of hydrogen-bond donors (Lipinski definition) is 4. The molecule has 0 aromatic heterocycles. The maximum Gasteiger partial charge on any atom is 0.408 e. The van der Waals surface area contributed by atoms with Crippen LogP contribution in [0.2, 0.25) is 0 Å². The predicted octanol–water partition coefficient (Wildman–Crippen LogP) is 3.11. The van der Waals surface area contributed by atoms with E-state index >= 15 is 0 Å². The monoisotopic (exact) mass is 551 g/mol. The fourth-order valence-electron chi connectivity index (χ4n) is 3.95. The molecule has 2 unspecified atom stereocenters. The number of benzene rings is 1. The minimum Gasteiger partial charge on any atom is -0.507 e. The molecule has 11 heteroatoms. The van der Waals surface area contributed by atoms with Crippen LogP contribution in [0, 0.1) is 6.92 Å². The second-order valence-electron chi connectivity index (χ2n) is 10.4. The average molecular weight is 552 g/mol. The molecule has 0 radical (unpaired) electrons. The largest absolute Gasteiger partial charge is 0.507 e. The molecule has 0 aliphatic carbocycles. The van der Waals surface area contributed by atoms with Crippen molar-refractivity contribution >= 4 is 23.9 Å². The number of nitrogens with one attached hydrogen (secondary N) is 2. The lowest BCUT2D eigenvalue weighted by molar-refractivity contribution is -0.145. The predicted molar refractivity (Wildman–Crippen MR) is 146 cm³/mol. The van der Waals surface area contributed by atoms with E-state index in [1.54, 1.807) is 39.8 Å². The molecule has 2 atom stereocenters. The van der Waals surface area contributed by atoms with E-state index < -0.39 is 54.7 Å². The van der Waals surface area contributed by atoms with E-state index in [0.717, 1.165) is 32.1 Å². The van der Waals surface area contributed by atoms with Gasteiger partial charge in [-0.25, -0.2) is 4.79 Å². The van der Waals surface area contributed by atoms with Crippen molar-refractivity contribution < 1.29 is 38.9 Å². The molecule has 220 valence electrons. The molecular formula is C28H45N3O8. The molecule has 0 saturated heterocycles. The Labute approximate surface area is 231 Å². The Morgan fingerprint density at radius 3 is 2.28 bits per heavy atom. The van der Waals surface area contributed by atoms with Gasteiger partial charge in [0.2, 0.25) is 11.8 Å². The first-order valence-electron chi connectivity index (χ1n) is 13.4. The molecule has 11 nitrogen and oxygen atoms in total. The van der Waals surface area contributed by atoms with Crippen LogP contribution in [0.4, 0.5) is 4.79 Å². The summed E-state index contributed by atoms with van der Waals surface area (Å²) >= 11 is 0. The van der Waals surface area contributed by atoms with Gasteiger partial charge in [0, 0.05) is 12.1 Å². The zero-order valence-corrected chi connectivity index (χ0v) is 24.0. The fraction of sp³-hybridized carbons (Fsp3) is 0.643. The summed E-state index contributed by atoms with van der Waals surface area (Å²) in [6, 6.07) is 2.04. The van der Waals surface area contributed by atoms with Gasteiger partial charge in [-0.2, -0.15) is 0 Å². The fourth-order valence-corrected chi connectivity index (χ4v) is 3.95. The van der Waals surface area contributed by atoms with E-state index in [0.29, 0.717) is 12.0 Å². The summed E-state index contributed by atoms with van der Waals surface area (Å²) in [7, 11) is 1.18. The summed E-state index contributed by atoms with van der Waals surface area (Å²) < 4.78 is 9.85. The minimum absolute atomic E-state index is 0.0984. The average Bonchev–Trinajstić information content (AvgIpc) is 2.87. The van der Waals surface area contributed by atoms with Gasteiger partial charge < -0.3 is 35.2 Å². The number of alkyl carbamates (subject to hydrolysis) is 1. The van der Waals surface area contributed by atoms with E-state index in [1.807, 2.05) is 0 Å². The summed E-state index contributed by atoms with van der Waals surface area (Å²) in [4.78, 5) is 52.6. The SMILES string of the molecule is CCCCCCCCN(C(=O)C(CO)NC(=O)OC(C)(C)C)C(C(=O)NCC(=O)OC)c1cccc(C)c1O. The Hall–Kier alpha value is -3.34. The zero-order valence-electron chi connectivity index (χ0n) is 24.0. The highest BCUT2D eigenvalue weighted by Gasteiger charge is 2.37. The van der Waals surface area contributed by atoms with Gasteiger partial charge in [-0.05, 0) is 39.7 Å². The topological polar surface area (TPSA) is 154 Å². The molecule has 39 heavy (non-hydrogen) atoms. The van der Waals surface area contributed by atoms with Crippen molar-refractivity contribution in [2.24, 2.45) is 0 Å². The number of carbonyl (C=O) groups is 4. The number of unbranched alkanes of at least 4 members (excludes halogenated alkanes) is 5. The Kier molecular flexibility index (Phi) is 14.3. The first kappa shape index (κ1) is 33.7. The summed E-state index contributed by atoms with van der Waals surface area (Å²) in [5, 5.41) is 25.7. The molecule has 1 aromatic carbocycles. The third kappa shape index (κ3) is 11.5. The number of aromatic hydroxyl groups is 1. The lowest BCUT2D eigenvalue weighted by Crippen LogP contribution is -2.54. The van der Waals surface area contributed by atoms with Crippen LogP contribution in [0.1, 0.15) is 83.4 Å². The molecule has 0 aliphatic heterocycles. The van der Waals surface area contributed by atoms with Crippen molar-refractivity contribution in [3.05, 3.63) is 29.3 Å². The molecule has 0 aliphatic rings. The van der Waals surface area contributed by atoms with Gasteiger partial charge in [0.15, 0.2) is 0 Å². The molecule has 0 bridgehead atoms. The molecule has 0 saturated carbocycles. The summed E-state index contributed by atoms with van der Waals surface area (Å²) in [5.74, 6) is -2.34. The van der Waals surface area contributed by atoms with E-state index in [4.69, 9.17) is 4.74 Å². The Bertz CT molecular complexity index is 961. The van der Waals surface area contributed by atoms with Crippen LogP contribution in [0.15, 0.2) is 18.2 Å².